The Balaban J connectivity index is 2.00. The summed E-state index contributed by atoms with van der Waals surface area (Å²) >= 11 is 0. The highest BCUT2D eigenvalue weighted by Gasteiger charge is 2.24. The molecule has 0 radical (unpaired) electrons. The smallest absolute Gasteiger partial charge is 0.211 e. The summed E-state index contributed by atoms with van der Waals surface area (Å²) in [5, 5.41) is 3.99. The second-order valence-electron chi connectivity index (χ2n) is 5.57. The van der Waals surface area contributed by atoms with Crippen LogP contribution in [-0.2, 0) is 17.6 Å². The van der Waals surface area contributed by atoms with Crippen molar-refractivity contribution in [1.29, 1.82) is 0 Å². The van der Waals surface area contributed by atoms with Gasteiger partial charge in [0.25, 0.3) is 0 Å². The minimum atomic E-state index is 0.620. The number of likely N-dealkylation sites (N-methyl/N-ethyl adjacent to an activating group) is 1. The van der Waals surface area contributed by atoms with Crippen LogP contribution in [0.15, 0.2) is 18.2 Å². The molecule has 1 aliphatic rings. The highest BCUT2D eigenvalue weighted by Crippen LogP contribution is 2.32. The van der Waals surface area contributed by atoms with Gasteiger partial charge in [-0.1, -0.05) is 6.92 Å². The number of anilines is 1. The molecule has 20 heavy (non-hydrogen) atoms. The van der Waals surface area contributed by atoms with Crippen LogP contribution in [0.2, 0.25) is 0 Å². The van der Waals surface area contributed by atoms with Gasteiger partial charge < -0.3 is 15.2 Å². The Morgan fingerprint density at radius 2 is 2.35 bits per heavy atom. The molecule has 0 bridgehead atoms. The molecule has 1 amide bonds. The number of aryl methyl sites for hydroxylation is 1. The van der Waals surface area contributed by atoms with Crippen molar-refractivity contribution in [2.24, 2.45) is 0 Å². The van der Waals surface area contributed by atoms with Crippen molar-refractivity contribution in [2.45, 2.75) is 32.2 Å². The molecule has 1 aromatic heterocycles. The van der Waals surface area contributed by atoms with Gasteiger partial charge in [-0.25, -0.2) is 0 Å². The Bertz CT molecular complexity index is 632. The number of carbonyl (C=O) groups excluding carboxylic acids is 1. The molecule has 0 aliphatic heterocycles. The molecule has 3 rings (SSSR count). The number of H-pyrrole nitrogens is 1. The van der Waals surface area contributed by atoms with E-state index in [0.29, 0.717) is 6.04 Å². The van der Waals surface area contributed by atoms with Crippen molar-refractivity contribution >= 4 is 23.0 Å². The topological polar surface area (TPSA) is 48.1 Å². The summed E-state index contributed by atoms with van der Waals surface area (Å²) in [5.74, 6) is 0. The Morgan fingerprint density at radius 3 is 3.10 bits per heavy atom. The lowest BCUT2D eigenvalue weighted by atomic mass is 9.90. The molecule has 4 heteroatoms. The predicted molar refractivity (Wildman–Crippen MR) is 82.1 cm³/mol. The van der Waals surface area contributed by atoms with Gasteiger partial charge in [-0.3, -0.25) is 4.79 Å². The van der Waals surface area contributed by atoms with E-state index in [2.05, 4.69) is 41.3 Å². The molecule has 1 aliphatic carbocycles. The van der Waals surface area contributed by atoms with Gasteiger partial charge in [-0.2, -0.15) is 0 Å². The summed E-state index contributed by atoms with van der Waals surface area (Å²) in [4.78, 5) is 16.5. The summed E-state index contributed by atoms with van der Waals surface area (Å²) in [6.07, 6.45) is 4.14. The number of benzene rings is 1. The number of fused-ring (bicyclic) bond motifs is 3. The number of amides is 1. The average Bonchev–Trinajstić information content (AvgIpc) is 2.84. The van der Waals surface area contributed by atoms with Crippen LogP contribution in [0.3, 0.4) is 0 Å². The normalized spacial score (nSPS) is 18.2. The Kier molecular flexibility index (Phi) is 3.49. The van der Waals surface area contributed by atoms with Gasteiger partial charge in [0.1, 0.15) is 0 Å². The van der Waals surface area contributed by atoms with Crippen molar-refractivity contribution in [1.82, 2.24) is 9.88 Å². The van der Waals surface area contributed by atoms with E-state index in [9.17, 15) is 4.79 Å². The van der Waals surface area contributed by atoms with Gasteiger partial charge in [-0.05, 0) is 56.6 Å². The first-order valence-corrected chi connectivity index (χ1v) is 7.26. The third-order valence-corrected chi connectivity index (χ3v) is 4.51. The third-order valence-electron chi connectivity index (χ3n) is 4.51. The predicted octanol–water partition coefficient (Wildman–Crippen LogP) is 2.55. The maximum Gasteiger partial charge on any atom is 0.211 e. The number of rotatable bonds is 4. The van der Waals surface area contributed by atoms with Crippen LogP contribution in [0.4, 0.5) is 5.69 Å². The standard InChI is InChI=1S/C16H21N3O/c1-3-19(2)12-5-7-16-14(9-12)13-8-11(17-10-20)4-6-15(13)18-16/h4,6,8,10,12,18H,3,5,7,9H2,1-2H3,(H,17,20). The fourth-order valence-corrected chi connectivity index (χ4v) is 3.19. The quantitative estimate of drug-likeness (QED) is 0.840. The van der Waals surface area contributed by atoms with E-state index in [-0.39, 0.29) is 0 Å². The number of hydrogen-bond acceptors (Lipinski definition) is 2. The molecule has 1 atom stereocenters. The van der Waals surface area contributed by atoms with Gasteiger partial charge in [0.15, 0.2) is 0 Å². The lowest BCUT2D eigenvalue weighted by molar-refractivity contribution is -0.105. The molecule has 0 fully saturated rings. The van der Waals surface area contributed by atoms with Gasteiger partial charge in [0, 0.05) is 28.3 Å². The first-order chi connectivity index (χ1) is 9.72. The van der Waals surface area contributed by atoms with Crippen LogP contribution in [0, 0.1) is 0 Å². The zero-order valence-corrected chi connectivity index (χ0v) is 12.1. The number of hydrogen-bond donors (Lipinski definition) is 2. The minimum Gasteiger partial charge on any atom is -0.358 e. The molecule has 1 unspecified atom stereocenters. The summed E-state index contributed by atoms with van der Waals surface area (Å²) in [7, 11) is 2.20. The summed E-state index contributed by atoms with van der Waals surface area (Å²) in [5.41, 5.74) is 4.82. The molecule has 0 saturated carbocycles. The third kappa shape index (κ3) is 2.20. The number of nitrogens with one attached hydrogen (secondary N) is 2. The maximum absolute atomic E-state index is 10.6. The van der Waals surface area contributed by atoms with Crippen LogP contribution >= 0.6 is 0 Å². The molecule has 0 spiro atoms. The van der Waals surface area contributed by atoms with Crippen LogP contribution < -0.4 is 5.32 Å². The largest absolute Gasteiger partial charge is 0.358 e. The Morgan fingerprint density at radius 1 is 1.50 bits per heavy atom. The molecular formula is C16H21N3O. The molecule has 0 saturated heterocycles. The van der Waals surface area contributed by atoms with Gasteiger partial charge in [0.2, 0.25) is 6.41 Å². The Labute approximate surface area is 119 Å². The summed E-state index contributed by atoms with van der Waals surface area (Å²) in [6, 6.07) is 6.69. The average molecular weight is 271 g/mol. The van der Waals surface area contributed by atoms with E-state index in [1.165, 1.54) is 28.6 Å². The van der Waals surface area contributed by atoms with Crippen LogP contribution in [0.25, 0.3) is 10.9 Å². The number of aromatic nitrogens is 1. The van der Waals surface area contributed by atoms with Crippen molar-refractivity contribution in [3.8, 4) is 0 Å². The number of carbonyl (C=O) groups is 1. The molecule has 106 valence electrons. The monoisotopic (exact) mass is 271 g/mol. The fourth-order valence-electron chi connectivity index (χ4n) is 3.19. The van der Waals surface area contributed by atoms with Crippen molar-refractivity contribution < 1.29 is 4.79 Å². The molecule has 2 aromatic rings. The van der Waals surface area contributed by atoms with E-state index in [1.54, 1.807) is 0 Å². The first kappa shape index (κ1) is 13.2. The second-order valence-corrected chi connectivity index (χ2v) is 5.57. The zero-order chi connectivity index (χ0) is 14.1. The summed E-state index contributed by atoms with van der Waals surface area (Å²) < 4.78 is 0. The first-order valence-electron chi connectivity index (χ1n) is 7.26. The lowest BCUT2D eigenvalue weighted by Crippen LogP contribution is -2.36. The Hall–Kier alpha value is -1.81. The maximum atomic E-state index is 10.6. The summed E-state index contributed by atoms with van der Waals surface area (Å²) in [6.45, 7) is 3.29. The van der Waals surface area contributed by atoms with Gasteiger partial charge in [-0.15, -0.1) is 0 Å². The van der Waals surface area contributed by atoms with Gasteiger partial charge in [0.05, 0.1) is 0 Å². The second kappa shape index (κ2) is 5.29. The minimum absolute atomic E-state index is 0.620. The van der Waals surface area contributed by atoms with Crippen molar-refractivity contribution in [3.05, 3.63) is 29.5 Å². The van der Waals surface area contributed by atoms with E-state index in [4.69, 9.17) is 0 Å². The molecule has 1 aromatic carbocycles. The van der Waals surface area contributed by atoms with E-state index < -0.39 is 0 Å². The number of nitrogens with zero attached hydrogens (tertiary/aromatic N) is 1. The van der Waals surface area contributed by atoms with Gasteiger partial charge >= 0.3 is 0 Å². The molecule has 2 N–H and O–H groups in total. The van der Waals surface area contributed by atoms with Crippen molar-refractivity contribution in [3.63, 3.8) is 0 Å². The van der Waals surface area contributed by atoms with Crippen molar-refractivity contribution in [2.75, 3.05) is 18.9 Å². The number of aromatic amines is 1. The van der Waals surface area contributed by atoms with Crippen LogP contribution in [0.5, 0.6) is 0 Å². The van der Waals surface area contributed by atoms with Crippen LogP contribution in [0.1, 0.15) is 24.6 Å². The van der Waals surface area contributed by atoms with E-state index in [0.717, 1.165) is 31.5 Å². The molecule has 4 nitrogen and oxygen atoms in total. The van der Waals surface area contributed by atoms with E-state index >= 15 is 0 Å². The highest BCUT2D eigenvalue weighted by atomic mass is 16.1. The van der Waals surface area contributed by atoms with Crippen LogP contribution in [-0.4, -0.2) is 35.9 Å². The molecular weight excluding hydrogens is 250 g/mol. The van der Waals surface area contributed by atoms with E-state index in [1.807, 2.05) is 6.07 Å². The lowest BCUT2D eigenvalue weighted by Gasteiger charge is -2.30. The fraction of sp³-hybridized carbons (Fsp3) is 0.438. The molecule has 1 heterocycles. The SMILES string of the molecule is CCN(C)C1CCc2[nH]c3ccc(NC=O)cc3c2C1. The zero-order valence-electron chi connectivity index (χ0n) is 12.1. The highest BCUT2D eigenvalue weighted by molar-refractivity contribution is 5.89.